The van der Waals surface area contributed by atoms with Gasteiger partial charge < -0.3 is 15.2 Å². The van der Waals surface area contributed by atoms with Crippen LogP contribution in [0.5, 0.6) is 0 Å². The number of nitrogens with two attached hydrogens (primary N) is 1. The second kappa shape index (κ2) is 6.69. The van der Waals surface area contributed by atoms with Crippen LogP contribution >= 0.6 is 0 Å². The molecule has 0 radical (unpaired) electrons. The maximum Gasteiger partial charge on any atom is 0.0622 e. The summed E-state index contributed by atoms with van der Waals surface area (Å²) in [5.74, 6) is 0.612. The molecule has 0 aromatic heterocycles. The first-order chi connectivity index (χ1) is 8.36. The third-order valence-corrected chi connectivity index (χ3v) is 4.15. The molecule has 2 N–H and O–H groups in total. The van der Waals surface area contributed by atoms with E-state index in [4.69, 9.17) is 15.2 Å². The molecule has 17 heavy (non-hydrogen) atoms. The molecule has 2 aliphatic rings. The lowest BCUT2D eigenvalue weighted by molar-refractivity contribution is -0.0607. The Bertz CT molecular complexity index is 219. The number of hydrogen-bond acceptors (Lipinski definition) is 4. The van der Waals surface area contributed by atoms with E-state index in [0.717, 1.165) is 45.9 Å². The minimum Gasteiger partial charge on any atom is -0.381 e. The summed E-state index contributed by atoms with van der Waals surface area (Å²) in [5, 5.41) is 0. The zero-order valence-corrected chi connectivity index (χ0v) is 10.9. The third kappa shape index (κ3) is 3.19. The molecule has 0 saturated carbocycles. The van der Waals surface area contributed by atoms with Gasteiger partial charge in [-0.05, 0) is 25.2 Å². The highest BCUT2D eigenvalue weighted by Gasteiger charge is 2.33. The summed E-state index contributed by atoms with van der Waals surface area (Å²) in [6.45, 7) is 7.52. The summed E-state index contributed by atoms with van der Waals surface area (Å²) in [4.78, 5) is 2.57. The van der Waals surface area contributed by atoms with Crippen LogP contribution in [0.4, 0.5) is 0 Å². The smallest absolute Gasteiger partial charge is 0.0622 e. The van der Waals surface area contributed by atoms with E-state index in [-0.39, 0.29) is 0 Å². The Kier molecular flexibility index (Phi) is 5.22. The first-order valence-electron chi connectivity index (χ1n) is 6.98. The van der Waals surface area contributed by atoms with Crippen LogP contribution < -0.4 is 5.73 Å². The van der Waals surface area contributed by atoms with Crippen molar-refractivity contribution in [2.24, 2.45) is 11.7 Å². The van der Waals surface area contributed by atoms with Gasteiger partial charge in [0.25, 0.3) is 0 Å². The van der Waals surface area contributed by atoms with E-state index in [9.17, 15) is 0 Å². The fourth-order valence-corrected chi connectivity index (χ4v) is 3.12. The summed E-state index contributed by atoms with van der Waals surface area (Å²) < 4.78 is 11.2. The lowest BCUT2D eigenvalue weighted by atomic mass is 9.91. The maximum atomic E-state index is 6.01. The number of nitrogens with zero attached hydrogens (tertiary/aromatic N) is 1. The fraction of sp³-hybridized carbons (Fsp3) is 1.00. The summed E-state index contributed by atoms with van der Waals surface area (Å²) in [7, 11) is 0. The van der Waals surface area contributed by atoms with Crippen molar-refractivity contribution in [2.75, 3.05) is 39.5 Å². The van der Waals surface area contributed by atoms with E-state index in [1.165, 1.54) is 12.8 Å². The second-order valence-electron chi connectivity index (χ2n) is 5.16. The molecule has 0 spiro atoms. The van der Waals surface area contributed by atoms with Crippen LogP contribution in [0.25, 0.3) is 0 Å². The molecule has 100 valence electrons. The fourth-order valence-electron chi connectivity index (χ4n) is 3.12. The lowest BCUT2D eigenvalue weighted by Crippen LogP contribution is -2.56. The van der Waals surface area contributed by atoms with Crippen LogP contribution in [-0.4, -0.2) is 56.5 Å². The van der Waals surface area contributed by atoms with Crippen molar-refractivity contribution >= 4 is 0 Å². The number of rotatable bonds is 4. The first kappa shape index (κ1) is 13.3. The molecule has 4 nitrogen and oxygen atoms in total. The number of hydrogen-bond donors (Lipinski definition) is 1. The quantitative estimate of drug-likeness (QED) is 0.794. The van der Waals surface area contributed by atoms with Gasteiger partial charge in [0, 0.05) is 31.8 Å². The third-order valence-electron chi connectivity index (χ3n) is 4.15. The largest absolute Gasteiger partial charge is 0.381 e. The van der Waals surface area contributed by atoms with E-state index in [2.05, 4.69) is 11.8 Å². The van der Waals surface area contributed by atoms with Crippen molar-refractivity contribution in [3.8, 4) is 0 Å². The monoisotopic (exact) mass is 242 g/mol. The molecule has 0 aliphatic carbocycles. The topological polar surface area (TPSA) is 47.7 Å². The molecule has 2 saturated heterocycles. The van der Waals surface area contributed by atoms with Crippen LogP contribution in [0.15, 0.2) is 0 Å². The summed E-state index contributed by atoms with van der Waals surface area (Å²) >= 11 is 0. The van der Waals surface area contributed by atoms with Crippen LogP contribution in [0.1, 0.15) is 26.2 Å². The zero-order chi connectivity index (χ0) is 12.1. The van der Waals surface area contributed by atoms with Crippen LogP contribution in [0.3, 0.4) is 0 Å². The van der Waals surface area contributed by atoms with Gasteiger partial charge in [-0.3, -0.25) is 4.90 Å². The highest BCUT2D eigenvalue weighted by molar-refractivity contribution is 4.87. The highest BCUT2D eigenvalue weighted by atomic mass is 16.5. The van der Waals surface area contributed by atoms with Gasteiger partial charge in [-0.25, -0.2) is 0 Å². The Morgan fingerprint density at radius 3 is 2.76 bits per heavy atom. The van der Waals surface area contributed by atoms with E-state index in [1.807, 2.05) is 0 Å². The number of morpholine rings is 1. The molecule has 2 rings (SSSR count). The van der Waals surface area contributed by atoms with Crippen LogP contribution in [0, 0.1) is 5.92 Å². The summed E-state index contributed by atoms with van der Waals surface area (Å²) in [5.41, 5.74) is 6.01. The zero-order valence-electron chi connectivity index (χ0n) is 10.9. The van der Waals surface area contributed by atoms with E-state index in [1.54, 1.807) is 0 Å². The van der Waals surface area contributed by atoms with E-state index >= 15 is 0 Å². The molecule has 0 amide bonds. The minimum atomic E-state index is 0.476. The average molecular weight is 242 g/mol. The first-order valence-corrected chi connectivity index (χ1v) is 6.98. The molecule has 2 fully saturated rings. The van der Waals surface area contributed by atoms with Gasteiger partial charge in [-0.1, -0.05) is 6.92 Å². The van der Waals surface area contributed by atoms with Gasteiger partial charge in [0.1, 0.15) is 0 Å². The molecule has 0 bridgehead atoms. The normalized spacial score (nSPS) is 33.5. The molecule has 3 unspecified atom stereocenters. The van der Waals surface area contributed by atoms with Gasteiger partial charge in [0.2, 0.25) is 0 Å². The minimum absolute atomic E-state index is 0.476. The van der Waals surface area contributed by atoms with Crippen LogP contribution in [-0.2, 0) is 9.47 Å². The van der Waals surface area contributed by atoms with Crippen molar-refractivity contribution in [1.82, 2.24) is 4.90 Å². The second-order valence-corrected chi connectivity index (χ2v) is 5.16. The molecular formula is C13H26N2O2. The summed E-state index contributed by atoms with van der Waals surface area (Å²) in [6, 6.07) is 1.02. The Morgan fingerprint density at radius 1 is 1.29 bits per heavy atom. The molecule has 0 aromatic rings. The average Bonchev–Trinajstić information content (AvgIpc) is 2.41. The number of ether oxygens (including phenoxy) is 2. The van der Waals surface area contributed by atoms with Crippen molar-refractivity contribution in [3.05, 3.63) is 0 Å². The van der Waals surface area contributed by atoms with E-state index < -0.39 is 0 Å². The molecule has 2 aliphatic heterocycles. The Balaban J connectivity index is 1.99. The maximum absolute atomic E-state index is 6.01. The SMILES string of the molecule is CCC1COCCN1C(CN)C1CCCOC1. The van der Waals surface area contributed by atoms with Gasteiger partial charge in [0.15, 0.2) is 0 Å². The van der Waals surface area contributed by atoms with Crippen molar-refractivity contribution < 1.29 is 9.47 Å². The van der Waals surface area contributed by atoms with Gasteiger partial charge in [-0.15, -0.1) is 0 Å². The molecular weight excluding hydrogens is 216 g/mol. The molecule has 3 atom stereocenters. The van der Waals surface area contributed by atoms with Crippen molar-refractivity contribution in [2.45, 2.75) is 38.3 Å². The standard InChI is InChI=1S/C13H26N2O2/c1-2-12-10-17-7-5-15(12)13(8-14)11-4-3-6-16-9-11/h11-13H,2-10,14H2,1H3. The predicted octanol–water partition coefficient (Wildman–Crippen LogP) is 0.851. The molecule has 4 heteroatoms. The van der Waals surface area contributed by atoms with Crippen molar-refractivity contribution in [3.63, 3.8) is 0 Å². The predicted molar refractivity (Wildman–Crippen MR) is 68.0 cm³/mol. The Morgan fingerprint density at radius 2 is 2.12 bits per heavy atom. The Labute approximate surface area is 104 Å². The van der Waals surface area contributed by atoms with Crippen molar-refractivity contribution in [1.29, 1.82) is 0 Å². The molecule has 2 heterocycles. The van der Waals surface area contributed by atoms with Crippen LogP contribution in [0.2, 0.25) is 0 Å². The lowest BCUT2D eigenvalue weighted by Gasteiger charge is -2.44. The van der Waals surface area contributed by atoms with Gasteiger partial charge in [0.05, 0.1) is 19.8 Å². The Hall–Kier alpha value is -0.160. The van der Waals surface area contributed by atoms with Gasteiger partial charge in [-0.2, -0.15) is 0 Å². The highest BCUT2D eigenvalue weighted by Crippen LogP contribution is 2.24. The van der Waals surface area contributed by atoms with E-state index in [0.29, 0.717) is 18.0 Å². The molecule has 0 aromatic carbocycles. The van der Waals surface area contributed by atoms with Gasteiger partial charge >= 0.3 is 0 Å². The summed E-state index contributed by atoms with van der Waals surface area (Å²) in [6.07, 6.45) is 3.59.